The summed E-state index contributed by atoms with van der Waals surface area (Å²) in [6.07, 6.45) is -0.546. The number of methoxy groups -OCH3 is 1. The lowest BCUT2D eigenvalue weighted by atomic mass is 10.1. The van der Waals surface area contributed by atoms with E-state index < -0.39 is 45.1 Å². The van der Waals surface area contributed by atoms with Crippen LogP contribution in [0.5, 0.6) is 0 Å². The molecule has 1 heterocycles. The highest BCUT2D eigenvalue weighted by Gasteiger charge is 2.39. The first-order valence-corrected chi connectivity index (χ1v) is 8.58. The maximum Gasteiger partial charge on any atom is 0.306 e. The lowest BCUT2D eigenvalue weighted by molar-refractivity contribution is -0.140. The second kappa shape index (κ2) is 6.05. The summed E-state index contributed by atoms with van der Waals surface area (Å²) < 4.78 is 27.5. The Bertz CT molecular complexity index is 710. The number of halogens is 1. The molecule has 1 aliphatic rings. The molecule has 0 radical (unpaired) electrons. The van der Waals surface area contributed by atoms with Gasteiger partial charge in [0.1, 0.15) is 5.25 Å². The highest BCUT2D eigenvalue weighted by Crippen LogP contribution is 2.24. The molecule has 2 amide bonds. The average Bonchev–Trinajstić information content (AvgIpc) is 2.70. The van der Waals surface area contributed by atoms with Crippen molar-refractivity contribution in [3.8, 4) is 0 Å². The van der Waals surface area contributed by atoms with Gasteiger partial charge in [0.25, 0.3) is 11.8 Å². The molecule has 0 N–H and O–H groups in total. The van der Waals surface area contributed by atoms with E-state index >= 15 is 0 Å². The van der Waals surface area contributed by atoms with Crippen molar-refractivity contribution in [2.24, 2.45) is 0 Å². The zero-order valence-electron chi connectivity index (χ0n) is 11.5. The Labute approximate surface area is 131 Å². The Morgan fingerprint density at radius 2 is 1.73 bits per heavy atom. The van der Waals surface area contributed by atoms with Gasteiger partial charge in [0.15, 0.2) is 0 Å². The highest BCUT2D eigenvalue weighted by atomic mass is 35.7. The average molecular weight is 346 g/mol. The number of imide groups is 1. The van der Waals surface area contributed by atoms with Gasteiger partial charge in [0.05, 0.1) is 24.7 Å². The van der Waals surface area contributed by atoms with E-state index in [0.717, 1.165) is 12.0 Å². The summed E-state index contributed by atoms with van der Waals surface area (Å²) in [5.41, 5.74) is 0.382. The second-order valence-electron chi connectivity index (χ2n) is 4.64. The molecule has 1 atom stereocenters. The Morgan fingerprint density at radius 3 is 2.14 bits per heavy atom. The number of fused-ring (bicyclic) bond motifs is 1. The molecule has 0 saturated heterocycles. The minimum Gasteiger partial charge on any atom is -0.469 e. The van der Waals surface area contributed by atoms with Gasteiger partial charge < -0.3 is 4.74 Å². The normalized spacial score (nSPS) is 15.6. The van der Waals surface area contributed by atoms with E-state index in [1.165, 1.54) is 12.1 Å². The van der Waals surface area contributed by atoms with Gasteiger partial charge in [0, 0.05) is 17.2 Å². The van der Waals surface area contributed by atoms with Crippen LogP contribution >= 0.6 is 10.7 Å². The standard InChI is InChI=1S/C13H12ClNO6S/c1-21-11(16)6-8(22(14,19)20)7-15-12(17)9-4-2-3-5-10(9)13(15)18/h2-5,8H,6-7H2,1H3. The van der Waals surface area contributed by atoms with Crippen molar-refractivity contribution in [1.29, 1.82) is 0 Å². The number of amides is 2. The van der Waals surface area contributed by atoms with Crippen LogP contribution in [0.15, 0.2) is 24.3 Å². The number of esters is 1. The summed E-state index contributed by atoms with van der Waals surface area (Å²) in [6, 6.07) is 6.13. The molecule has 118 valence electrons. The number of ether oxygens (including phenoxy) is 1. The van der Waals surface area contributed by atoms with E-state index in [0.29, 0.717) is 0 Å². The van der Waals surface area contributed by atoms with Crippen molar-refractivity contribution in [1.82, 2.24) is 4.90 Å². The zero-order chi connectivity index (χ0) is 16.5. The third-order valence-electron chi connectivity index (χ3n) is 3.28. The van der Waals surface area contributed by atoms with E-state index in [9.17, 15) is 22.8 Å². The third kappa shape index (κ3) is 3.12. The van der Waals surface area contributed by atoms with E-state index in [2.05, 4.69) is 4.74 Å². The summed E-state index contributed by atoms with van der Waals surface area (Å²) in [6.45, 7) is -0.507. The second-order valence-corrected chi connectivity index (χ2v) is 7.55. The van der Waals surface area contributed by atoms with Gasteiger partial charge in [-0.25, -0.2) is 8.42 Å². The van der Waals surface area contributed by atoms with Crippen molar-refractivity contribution >= 4 is 37.5 Å². The lowest BCUT2D eigenvalue weighted by Crippen LogP contribution is -2.40. The first-order chi connectivity index (χ1) is 10.3. The fourth-order valence-corrected chi connectivity index (χ4v) is 3.15. The minimum atomic E-state index is -4.17. The Kier molecular flexibility index (Phi) is 4.52. The fraction of sp³-hybridized carbons (Fsp3) is 0.308. The van der Waals surface area contributed by atoms with Gasteiger partial charge in [-0.3, -0.25) is 19.3 Å². The maximum absolute atomic E-state index is 12.2. The van der Waals surface area contributed by atoms with Crippen molar-refractivity contribution in [3.05, 3.63) is 35.4 Å². The number of hydrogen-bond donors (Lipinski definition) is 0. The first kappa shape index (κ1) is 16.4. The first-order valence-electron chi connectivity index (χ1n) is 6.21. The number of rotatable bonds is 5. The fourth-order valence-electron chi connectivity index (χ4n) is 2.13. The molecule has 1 aliphatic heterocycles. The van der Waals surface area contributed by atoms with Crippen molar-refractivity contribution < 1.29 is 27.5 Å². The number of benzene rings is 1. The van der Waals surface area contributed by atoms with E-state index in [4.69, 9.17) is 10.7 Å². The Hall–Kier alpha value is -1.93. The van der Waals surface area contributed by atoms with Crippen LogP contribution in [0.25, 0.3) is 0 Å². The molecule has 9 heteroatoms. The van der Waals surface area contributed by atoms with Crippen LogP contribution in [0.3, 0.4) is 0 Å². The Balaban J connectivity index is 2.27. The number of nitrogens with zero attached hydrogens (tertiary/aromatic N) is 1. The lowest BCUT2D eigenvalue weighted by Gasteiger charge is -2.19. The maximum atomic E-state index is 12.2. The van der Waals surface area contributed by atoms with Gasteiger partial charge in [-0.2, -0.15) is 0 Å². The summed E-state index contributed by atoms with van der Waals surface area (Å²) >= 11 is 0. The zero-order valence-corrected chi connectivity index (χ0v) is 13.1. The molecule has 1 unspecified atom stereocenters. The van der Waals surface area contributed by atoms with Gasteiger partial charge >= 0.3 is 5.97 Å². The Morgan fingerprint density at radius 1 is 1.23 bits per heavy atom. The predicted molar refractivity (Wildman–Crippen MR) is 77.0 cm³/mol. The van der Waals surface area contributed by atoms with Crippen molar-refractivity contribution in [3.63, 3.8) is 0 Å². The van der Waals surface area contributed by atoms with Crippen LogP contribution in [0.2, 0.25) is 0 Å². The monoisotopic (exact) mass is 345 g/mol. The van der Waals surface area contributed by atoms with Crippen molar-refractivity contribution in [2.75, 3.05) is 13.7 Å². The molecule has 0 bridgehead atoms. The minimum absolute atomic E-state index is 0.191. The predicted octanol–water partition coefficient (Wildman–Crippen LogP) is 0.783. The van der Waals surface area contributed by atoms with Crippen LogP contribution in [0, 0.1) is 0 Å². The molecule has 0 fully saturated rings. The summed E-state index contributed by atoms with van der Waals surface area (Å²) in [4.78, 5) is 36.4. The van der Waals surface area contributed by atoms with Gasteiger partial charge in [-0.05, 0) is 12.1 Å². The van der Waals surface area contributed by atoms with E-state index in [1.54, 1.807) is 12.1 Å². The van der Waals surface area contributed by atoms with Gasteiger partial charge in [-0.1, -0.05) is 12.1 Å². The third-order valence-corrected chi connectivity index (χ3v) is 5.15. The summed E-state index contributed by atoms with van der Waals surface area (Å²) in [7, 11) is 2.23. The van der Waals surface area contributed by atoms with Crippen LogP contribution < -0.4 is 0 Å². The SMILES string of the molecule is COC(=O)CC(CN1C(=O)c2ccccc2C1=O)S(=O)(=O)Cl. The topological polar surface area (TPSA) is 97.8 Å². The molecular weight excluding hydrogens is 334 g/mol. The van der Waals surface area contributed by atoms with E-state index in [1.807, 2.05) is 0 Å². The molecule has 0 aliphatic carbocycles. The smallest absolute Gasteiger partial charge is 0.306 e. The molecule has 0 aromatic heterocycles. The summed E-state index contributed by atoms with van der Waals surface area (Å²) in [5.74, 6) is -2.03. The largest absolute Gasteiger partial charge is 0.469 e. The van der Waals surface area contributed by atoms with Gasteiger partial charge in [0.2, 0.25) is 9.05 Å². The molecule has 7 nitrogen and oxygen atoms in total. The quantitative estimate of drug-likeness (QED) is 0.444. The molecule has 1 aromatic rings. The number of carbonyl (C=O) groups is 3. The van der Waals surface area contributed by atoms with E-state index in [-0.39, 0.29) is 11.1 Å². The van der Waals surface area contributed by atoms with Crippen LogP contribution in [0.4, 0.5) is 0 Å². The van der Waals surface area contributed by atoms with Gasteiger partial charge in [-0.15, -0.1) is 0 Å². The van der Waals surface area contributed by atoms with Crippen LogP contribution in [-0.4, -0.2) is 50.0 Å². The molecule has 22 heavy (non-hydrogen) atoms. The molecule has 2 rings (SSSR count). The van der Waals surface area contributed by atoms with Crippen LogP contribution in [-0.2, 0) is 18.6 Å². The van der Waals surface area contributed by atoms with Crippen LogP contribution in [0.1, 0.15) is 27.1 Å². The molecule has 1 aromatic carbocycles. The summed E-state index contributed by atoms with van der Waals surface area (Å²) in [5, 5.41) is -1.43. The molecular formula is C13H12ClNO6S. The number of hydrogen-bond acceptors (Lipinski definition) is 6. The molecule has 0 spiro atoms. The van der Waals surface area contributed by atoms with Crippen molar-refractivity contribution in [2.45, 2.75) is 11.7 Å². The highest BCUT2D eigenvalue weighted by molar-refractivity contribution is 8.14. The number of carbonyl (C=O) groups excluding carboxylic acids is 3. The molecule has 0 saturated carbocycles.